The van der Waals surface area contributed by atoms with E-state index in [1.807, 2.05) is 78.1 Å². The second kappa shape index (κ2) is 33.5. The van der Waals surface area contributed by atoms with Gasteiger partial charge in [0.15, 0.2) is 0 Å². The Bertz CT molecular complexity index is 998. The molecule has 0 aliphatic carbocycles. The van der Waals surface area contributed by atoms with Gasteiger partial charge in [-0.05, 0) is 92.8 Å². The van der Waals surface area contributed by atoms with Crippen LogP contribution in [0.5, 0.6) is 0 Å². The van der Waals surface area contributed by atoms with Crippen molar-refractivity contribution in [1.29, 1.82) is 0 Å². The molecule has 4 aromatic heterocycles. The molecule has 0 radical (unpaired) electrons. The summed E-state index contributed by atoms with van der Waals surface area (Å²) in [4.78, 5) is 3.11. The van der Waals surface area contributed by atoms with Gasteiger partial charge in [-0.1, -0.05) is 166 Å². The Hall–Kier alpha value is -2.04. The molecule has 0 N–H and O–H groups in total. The van der Waals surface area contributed by atoms with Crippen LogP contribution in [0.2, 0.25) is 0 Å². The molecule has 4 aromatic rings. The third-order valence-corrected chi connectivity index (χ3v) is 9.96. The first-order valence-electron chi connectivity index (χ1n) is 20.8. The maximum absolute atomic E-state index is 5.39. The van der Waals surface area contributed by atoms with Crippen LogP contribution >= 0.6 is 22.7 Å². The lowest BCUT2D eigenvalue weighted by molar-refractivity contribution is 0.479. The van der Waals surface area contributed by atoms with E-state index in [0.717, 1.165) is 11.5 Å². The van der Waals surface area contributed by atoms with E-state index in [2.05, 4.69) is 146 Å². The highest BCUT2D eigenvalue weighted by molar-refractivity contribution is 7.10. The quantitative estimate of drug-likeness (QED) is 0.179. The van der Waals surface area contributed by atoms with Crippen LogP contribution < -0.4 is 0 Å². The van der Waals surface area contributed by atoms with Gasteiger partial charge in [-0.15, -0.1) is 22.7 Å². The molecule has 0 spiro atoms. The van der Waals surface area contributed by atoms with Crippen molar-refractivity contribution in [1.82, 2.24) is 0 Å². The minimum absolute atomic E-state index is 0.502. The summed E-state index contributed by atoms with van der Waals surface area (Å²) < 4.78 is 10.8. The van der Waals surface area contributed by atoms with Crippen molar-refractivity contribution in [2.45, 2.75) is 214 Å². The summed E-state index contributed by atoms with van der Waals surface area (Å²) in [5.74, 6) is 7.17. The maximum atomic E-state index is 5.39. The SMILES string of the molecule is CC.CC.CC.CC.CC(C)c1ccoc1C(C)C.CC(C)c1ccoc1C(C)C.CC(C)c1ccsc1C(C)C.CC(C)c1ccsc1C(C)C. The molecule has 2 nitrogen and oxygen atoms in total. The molecule has 0 aliphatic rings. The number of thiophene rings is 2. The fraction of sp³-hybridized carbons (Fsp3) is 0.667. The van der Waals surface area contributed by atoms with Crippen molar-refractivity contribution >= 4 is 22.7 Å². The predicted octanol–water partition coefficient (Wildman–Crippen LogP) is 19.1. The minimum atomic E-state index is 0.502. The molecule has 0 bridgehead atoms. The van der Waals surface area contributed by atoms with Gasteiger partial charge >= 0.3 is 0 Å². The summed E-state index contributed by atoms with van der Waals surface area (Å²) in [6.45, 7) is 51.5. The number of furan rings is 2. The zero-order chi connectivity index (χ0) is 41.7. The van der Waals surface area contributed by atoms with Gasteiger partial charge < -0.3 is 8.83 Å². The number of rotatable bonds is 8. The minimum Gasteiger partial charge on any atom is -0.469 e. The number of hydrogen-bond acceptors (Lipinski definition) is 4. The Labute approximate surface area is 334 Å². The van der Waals surface area contributed by atoms with Gasteiger partial charge in [0, 0.05) is 21.6 Å². The van der Waals surface area contributed by atoms with E-state index in [-0.39, 0.29) is 0 Å². The van der Waals surface area contributed by atoms with Gasteiger partial charge in [0.1, 0.15) is 11.5 Å². The zero-order valence-corrected chi connectivity index (χ0v) is 40.5. The molecule has 0 atom stereocenters. The molecule has 52 heavy (non-hydrogen) atoms. The lowest BCUT2D eigenvalue weighted by Gasteiger charge is -2.08. The maximum Gasteiger partial charge on any atom is 0.109 e. The highest BCUT2D eigenvalue weighted by atomic mass is 32.1. The van der Waals surface area contributed by atoms with Crippen LogP contribution in [0.1, 0.15) is 257 Å². The molecular formula is C48H88O2S2. The molecule has 0 unspecified atom stereocenters. The fourth-order valence-electron chi connectivity index (χ4n) is 5.11. The monoisotopic (exact) mass is 761 g/mol. The molecular weight excluding hydrogens is 673 g/mol. The molecule has 4 heterocycles. The summed E-state index contributed by atoms with van der Waals surface area (Å²) >= 11 is 3.77. The van der Waals surface area contributed by atoms with Gasteiger partial charge in [-0.25, -0.2) is 0 Å². The first-order valence-corrected chi connectivity index (χ1v) is 22.6. The Morgan fingerprint density at radius 1 is 0.327 bits per heavy atom. The molecule has 4 rings (SSSR count). The topological polar surface area (TPSA) is 26.3 Å². The van der Waals surface area contributed by atoms with Crippen molar-refractivity contribution < 1.29 is 8.83 Å². The van der Waals surface area contributed by atoms with Crippen LogP contribution in [0.25, 0.3) is 0 Å². The third kappa shape index (κ3) is 21.6. The van der Waals surface area contributed by atoms with E-state index in [1.54, 1.807) is 22.3 Å². The normalized spacial score (nSPS) is 10.2. The highest BCUT2D eigenvalue weighted by Crippen LogP contribution is 2.32. The first-order chi connectivity index (χ1) is 24.5. The highest BCUT2D eigenvalue weighted by Gasteiger charge is 2.14. The lowest BCUT2D eigenvalue weighted by atomic mass is 9.99. The van der Waals surface area contributed by atoms with E-state index in [1.165, 1.54) is 22.3 Å². The Morgan fingerprint density at radius 3 is 0.731 bits per heavy atom. The molecule has 0 aliphatic heterocycles. The fourth-order valence-corrected chi connectivity index (χ4v) is 7.26. The summed E-state index contributed by atoms with van der Waals surface area (Å²) in [6, 6.07) is 8.65. The summed E-state index contributed by atoms with van der Waals surface area (Å²) in [5.41, 5.74) is 5.76. The molecule has 0 saturated heterocycles. The van der Waals surface area contributed by atoms with Crippen LogP contribution in [-0.4, -0.2) is 0 Å². The van der Waals surface area contributed by atoms with E-state index in [0.29, 0.717) is 47.3 Å². The van der Waals surface area contributed by atoms with Gasteiger partial charge in [-0.3, -0.25) is 0 Å². The third-order valence-electron chi connectivity index (χ3n) is 7.49. The van der Waals surface area contributed by atoms with Gasteiger partial charge in [0.25, 0.3) is 0 Å². The van der Waals surface area contributed by atoms with Crippen molar-refractivity contribution in [3.05, 3.63) is 91.1 Å². The largest absolute Gasteiger partial charge is 0.469 e. The van der Waals surface area contributed by atoms with Crippen LogP contribution in [0.15, 0.2) is 56.4 Å². The average Bonchev–Trinajstić information content (AvgIpc) is 3.95. The molecule has 0 fully saturated rings. The van der Waals surface area contributed by atoms with Crippen LogP contribution in [0.3, 0.4) is 0 Å². The second-order valence-corrected chi connectivity index (χ2v) is 16.1. The van der Waals surface area contributed by atoms with Crippen molar-refractivity contribution in [2.24, 2.45) is 0 Å². The van der Waals surface area contributed by atoms with Gasteiger partial charge in [0.05, 0.1) is 12.5 Å². The Kier molecular flexibility index (Phi) is 36.5. The Morgan fingerprint density at radius 2 is 0.577 bits per heavy atom. The van der Waals surface area contributed by atoms with E-state index in [9.17, 15) is 0 Å². The van der Waals surface area contributed by atoms with Crippen LogP contribution in [-0.2, 0) is 0 Å². The summed E-state index contributed by atoms with van der Waals surface area (Å²) in [7, 11) is 0. The van der Waals surface area contributed by atoms with Crippen molar-refractivity contribution in [2.75, 3.05) is 0 Å². The zero-order valence-electron chi connectivity index (χ0n) is 38.9. The standard InChI is InChI=1S/2C10H16O.2C10H16S.4C2H6/c4*1-7(2)9-5-6-11-10(9)8(3)4;4*1-2/h4*5-8H,1-4H3;4*1-2H3. The van der Waals surface area contributed by atoms with Crippen LogP contribution in [0, 0.1) is 0 Å². The van der Waals surface area contributed by atoms with Crippen molar-refractivity contribution in [3.63, 3.8) is 0 Å². The molecule has 304 valence electrons. The van der Waals surface area contributed by atoms with E-state index < -0.39 is 0 Å². The van der Waals surface area contributed by atoms with E-state index >= 15 is 0 Å². The molecule has 0 saturated carbocycles. The van der Waals surface area contributed by atoms with E-state index in [4.69, 9.17) is 8.83 Å². The first kappa shape index (κ1) is 56.7. The van der Waals surface area contributed by atoms with Gasteiger partial charge in [0.2, 0.25) is 0 Å². The smallest absolute Gasteiger partial charge is 0.109 e. The summed E-state index contributed by atoms with van der Waals surface area (Å²) in [5, 5.41) is 4.40. The number of hydrogen-bond donors (Lipinski definition) is 0. The second-order valence-electron chi connectivity index (χ2n) is 14.2. The van der Waals surface area contributed by atoms with Gasteiger partial charge in [-0.2, -0.15) is 0 Å². The average molecular weight is 761 g/mol. The molecule has 0 amide bonds. The Balaban J connectivity index is -0.000000277. The molecule has 4 heteroatoms. The van der Waals surface area contributed by atoms with Crippen molar-refractivity contribution in [3.8, 4) is 0 Å². The lowest BCUT2D eigenvalue weighted by Crippen LogP contribution is -1.93. The molecule has 0 aromatic carbocycles. The van der Waals surface area contributed by atoms with Crippen LogP contribution in [0.4, 0.5) is 0 Å². The summed E-state index contributed by atoms with van der Waals surface area (Å²) in [6.07, 6.45) is 3.56. The predicted molar refractivity (Wildman–Crippen MR) is 244 cm³/mol.